The van der Waals surface area contributed by atoms with Gasteiger partial charge in [-0.05, 0) is 67.4 Å². The Labute approximate surface area is 181 Å². The number of benzene rings is 2. The summed E-state index contributed by atoms with van der Waals surface area (Å²) in [5, 5.41) is 5.50. The van der Waals surface area contributed by atoms with Gasteiger partial charge in [0.1, 0.15) is 12.4 Å². The highest BCUT2D eigenvalue weighted by Gasteiger charge is 2.19. The SMILES string of the molecule is CC1CCN(Cn2nc(COc3ccc(Cl)cc3)n(-c3ccccc3)c2=S)CC1. The maximum Gasteiger partial charge on any atom is 0.203 e. The fraction of sp³-hybridized carbons (Fsp3) is 0.364. The second-order valence-electron chi connectivity index (χ2n) is 7.55. The van der Waals surface area contributed by atoms with Gasteiger partial charge in [0.05, 0.1) is 6.67 Å². The Balaban J connectivity index is 1.60. The average molecular weight is 429 g/mol. The van der Waals surface area contributed by atoms with Gasteiger partial charge in [-0.3, -0.25) is 9.47 Å². The van der Waals surface area contributed by atoms with E-state index in [2.05, 4.69) is 11.8 Å². The molecule has 29 heavy (non-hydrogen) atoms. The Morgan fingerprint density at radius 1 is 1.07 bits per heavy atom. The molecule has 0 saturated carbocycles. The molecule has 1 aliphatic heterocycles. The lowest BCUT2D eigenvalue weighted by molar-refractivity contribution is 0.145. The van der Waals surface area contributed by atoms with Crippen molar-refractivity contribution in [1.29, 1.82) is 0 Å². The molecule has 0 spiro atoms. The summed E-state index contributed by atoms with van der Waals surface area (Å²) in [5.41, 5.74) is 0.991. The van der Waals surface area contributed by atoms with E-state index < -0.39 is 0 Å². The van der Waals surface area contributed by atoms with Gasteiger partial charge < -0.3 is 4.74 Å². The minimum Gasteiger partial charge on any atom is -0.486 e. The van der Waals surface area contributed by atoms with Crippen LogP contribution in [0.1, 0.15) is 25.6 Å². The predicted molar refractivity (Wildman–Crippen MR) is 118 cm³/mol. The van der Waals surface area contributed by atoms with Crippen molar-refractivity contribution in [2.75, 3.05) is 13.1 Å². The number of halogens is 1. The fourth-order valence-electron chi connectivity index (χ4n) is 3.55. The molecule has 0 atom stereocenters. The van der Waals surface area contributed by atoms with Crippen LogP contribution >= 0.6 is 23.8 Å². The van der Waals surface area contributed by atoms with Gasteiger partial charge in [-0.2, -0.15) is 5.10 Å². The molecule has 0 unspecified atom stereocenters. The molecule has 3 aromatic rings. The average Bonchev–Trinajstić information content (AvgIpc) is 3.05. The Bertz CT molecular complexity index is 992. The van der Waals surface area contributed by atoms with Crippen molar-refractivity contribution in [1.82, 2.24) is 19.2 Å². The van der Waals surface area contributed by atoms with Gasteiger partial charge in [-0.25, -0.2) is 4.68 Å². The van der Waals surface area contributed by atoms with Gasteiger partial charge in [0.2, 0.25) is 4.77 Å². The van der Waals surface area contributed by atoms with E-state index in [1.165, 1.54) is 12.8 Å². The Hall–Kier alpha value is -2.15. The highest BCUT2D eigenvalue weighted by atomic mass is 35.5. The first-order valence-corrected chi connectivity index (χ1v) is 10.7. The zero-order chi connectivity index (χ0) is 20.2. The normalized spacial score (nSPS) is 15.5. The number of likely N-dealkylation sites (tertiary alicyclic amines) is 1. The maximum atomic E-state index is 5.97. The summed E-state index contributed by atoms with van der Waals surface area (Å²) >= 11 is 11.8. The van der Waals surface area contributed by atoms with E-state index in [-0.39, 0.29) is 0 Å². The second kappa shape index (κ2) is 9.11. The topological polar surface area (TPSA) is 35.2 Å². The van der Waals surface area contributed by atoms with Crippen molar-refractivity contribution in [3.63, 3.8) is 0 Å². The number of hydrogen-bond acceptors (Lipinski definition) is 4. The van der Waals surface area contributed by atoms with Crippen molar-refractivity contribution in [3.8, 4) is 11.4 Å². The third kappa shape index (κ3) is 4.89. The van der Waals surface area contributed by atoms with E-state index >= 15 is 0 Å². The number of nitrogens with zero attached hydrogens (tertiary/aromatic N) is 4. The van der Waals surface area contributed by atoms with E-state index in [0.29, 0.717) is 23.1 Å². The number of piperidine rings is 1. The van der Waals surface area contributed by atoms with Crippen LogP contribution in [0.25, 0.3) is 5.69 Å². The van der Waals surface area contributed by atoms with Gasteiger partial charge >= 0.3 is 0 Å². The largest absolute Gasteiger partial charge is 0.486 e. The lowest BCUT2D eigenvalue weighted by atomic mass is 10.00. The summed E-state index contributed by atoms with van der Waals surface area (Å²) < 4.78 is 10.6. The smallest absolute Gasteiger partial charge is 0.203 e. The number of hydrogen-bond donors (Lipinski definition) is 0. The molecule has 1 aliphatic rings. The highest BCUT2D eigenvalue weighted by Crippen LogP contribution is 2.20. The minimum atomic E-state index is 0.324. The van der Waals surface area contributed by atoms with Crippen LogP contribution in [-0.4, -0.2) is 32.3 Å². The van der Waals surface area contributed by atoms with E-state index in [1.54, 1.807) is 0 Å². The summed E-state index contributed by atoms with van der Waals surface area (Å²) in [5.74, 6) is 2.32. The molecule has 0 radical (unpaired) electrons. The lowest BCUT2D eigenvalue weighted by Crippen LogP contribution is -2.34. The van der Waals surface area contributed by atoms with Crippen molar-refractivity contribution in [3.05, 3.63) is 70.2 Å². The van der Waals surface area contributed by atoms with Crippen LogP contribution in [-0.2, 0) is 13.3 Å². The van der Waals surface area contributed by atoms with Crippen LogP contribution in [0.2, 0.25) is 5.02 Å². The van der Waals surface area contributed by atoms with Crippen LogP contribution < -0.4 is 4.74 Å². The number of rotatable bonds is 6. The first-order valence-electron chi connectivity index (χ1n) is 9.95. The molecule has 0 N–H and O–H groups in total. The zero-order valence-corrected chi connectivity index (χ0v) is 18.1. The molecule has 0 bridgehead atoms. The van der Waals surface area contributed by atoms with E-state index in [4.69, 9.17) is 33.7 Å². The molecule has 0 aliphatic carbocycles. The second-order valence-corrected chi connectivity index (χ2v) is 8.36. The van der Waals surface area contributed by atoms with Crippen LogP contribution in [0.5, 0.6) is 5.75 Å². The van der Waals surface area contributed by atoms with Crippen LogP contribution in [0.4, 0.5) is 0 Å². The molecule has 1 saturated heterocycles. The molecule has 152 valence electrons. The maximum absolute atomic E-state index is 5.97. The van der Waals surface area contributed by atoms with Crippen molar-refractivity contribution < 1.29 is 4.74 Å². The lowest BCUT2D eigenvalue weighted by Gasteiger charge is -2.29. The summed E-state index contributed by atoms with van der Waals surface area (Å²) in [4.78, 5) is 2.42. The number of aromatic nitrogens is 3. The van der Waals surface area contributed by atoms with Crippen molar-refractivity contribution >= 4 is 23.8 Å². The Morgan fingerprint density at radius 3 is 2.45 bits per heavy atom. The molecule has 0 amide bonds. The van der Waals surface area contributed by atoms with Crippen molar-refractivity contribution in [2.45, 2.75) is 33.0 Å². The van der Waals surface area contributed by atoms with E-state index in [1.807, 2.05) is 63.8 Å². The standard InChI is InChI=1S/C22H25ClN4OS/c1-17-11-13-25(14-12-17)16-26-22(29)27(19-5-3-2-4-6-19)21(24-26)15-28-20-9-7-18(23)8-10-20/h2-10,17H,11-16H2,1H3. The third-order valence-electron chi connectivity index (χ3n) is 5.31. The summed E-state index contributed by atoms with van der Waals surface area (Å²) in [6, 6.07) is 17.4. The Morgan fingerprint density at radius 2 is 1.76 bits per heavy atom. The number of ether oxygens (including phenoxy) is 1. The fourth-order valence-corrected chi connectivity index (χ4v) is 3.98. The molecule has 4 rings (SSSR count). The van der Waals surface area contributed by atoms with Crippen molar-refractivity contribution in [2.24, 2.45) is 5.92 Å². The Kier molecular flexibility index (Phi) is 6.33. The molecule has 1 fully saturated rings. The van der Waals surface area contributed by atoms with Gasteiger partial charge in [-0.1, -0.05) is 36.7 Å². The molecule has 5 nitrogen and oxygen atoms in total. The van der Waals surface area contributed by atoms with Gasteiger partial charge in [0.15, 0.2) is 5.82 Å². The molecule has 2 aromatic carbocycles. The molecule has 1 aromatic heterocycles. The molecule has 2 heterocycles. The summed E-state index contributed by atoms with van der Waals surface area (Å²) in [6.45, 7) is 5.51. The molecular weight excluding hydrogens is 404 g/mol. The van der Waals surface area contributed by atoms with E-state index in [9.17, 15) is 0 Å². The summed E-state index contributed by atoms with van der Waals surface area (Å²) in [7, 11) is 0. The molecular formula is C22H25ClN4OS. The van der Waals surface area contributed by atoms with E-state index in [0.717, 1.165) is 36.3 Å². The van der Waals surface area contributed by atoms with Crippen LogP contribution in [0.3, 0.4) is 0 Å². The van der Waals surface area contributed by atoms with Gasteiger partial charge in [0.25, 0.3) is 0 Å². The highest BCUT2D eigenvalue weighted by molar-refractivity contribution is 7.71. The monoisotopic (exact) mass is 428 g/mol. The quantitative estimate of drug-likeness (QED) is 0.497. The van der Waals surface area contributed by atoms with Crippen LogP contribution in [0.15, 0.2) is 54.6 Å². The predicted octanol–water partition coefficient (Wildman–Crippen LogP) is 5.33. The van der Waals surface area contributed by atoms with Crippen LogP contribution in [0, 0.1) is 10.7 Å². The summed E-state index contributed by atoms with van der Waals surface area (Å²) in [6.07, 6.45) is 2.44. The number of para-hydroxylation sites is 1. The van der Waals surface area contributed by atoms with Gasteiger partial charge in [-0.15, -0.1) is 0 Å². The molecule has 7 heteroatoms. The van der Waals surface area contributed by atoms with Gasteiger partial charge in [0, 0.05) is 23.8 Å². The minimum absolute atomic E-state index is 0.324. The zero-order valence-electron chi connectivity index (χ0n) is 16.5. The first-order chi connectivity index (χ1) is 14.1. The third-order valence-corrected chi connectivity index (χ3v) is 5.96. The first kappa shape index (κ1) is 20.1.